The third kappa shape index (κ3) is 3.50. The molecule has 116 valence electrons. The highest BCUT2D eigenvalue weighted by atomic mass is 32.2. The van der Waals surface area contributed by atoms with Crippen molar-refractivity contribution in [3.63, 3.8) is 0 Å². The molecule has 0 fully saturated rings. The van der Waals surface area contributed by atoms with E-state index in [0.717, 1.165) is 30.8 Å². The highest BCUT2D eigenvalue weighted by Gasteiger charge is 2.23. The molecular formula is C16H16O2S4. The zero-order valence-electron chi connectivity index (χ0n) is 12.8. The molecular weight excluding hydrogens is 352 g/mol. The molecule has 0 aromatic rings. The van der Waals surface area contributed by atoms with E-state index in [4.69, 9.17) is 0 Å². The van der Waals surface area contributed by atoms with Crippen molar-refractivity contribution in [1.29, 1.82) is 0 Å². The van der Waals surface area contributed by atoms with Crippen molar-refractivity contribution in [2.24, 2.45) is 0 Å². The lowest BCUT2D eigenvalue weighted by Gasteiger charge is -2.17. The third-order valence-corrected chi connectivity index (χ3v) is 6.23. The van der Waals surface area contributed by atoms with Gasteiger partial charge < -0.3 is 0 Å². The first-order valence-corrected chi connectivity index (χ1v) is 11.3. The van der Waals surface area contributed by atoms with Crippen LogP contribution < -0.4 is 0 Å². The van der Waals surface area contributed by atoms with Gasteiger partial charge in [-0.3, -0.25) is 9.59 Å². The topological polar surface area (TPSA) is 34.1 Å². The molecule has 0 aromatic carbocycles. The molecule has 6 heteroatoms. The maximum atomic E-state index is 12.2. The second-order valence-corrected chi connectivity index (χ2v) is 7.81. The molecule has 0 heterocycles. The number of Topliss-reactive ketones (excluding diaryl/α,β-unsaturated/α-hetero) is 2. The molecule has 0 spiro atoms. The Labute approximate surface area is 148 Å². The zero-order chi connectivity index (χ0) is 16.3. The second kappa shape index (κ2) is 7.81. The van der Waals surface area contributed by atoms with Gasteiger partial charge in [0, 0.05) is 0 Å². The van der Waals surface area contributed by atoms with Crippen LogP contribution in [0.5, 0.6) is 0 Å². The molecule has 0 bridgehead atoms. The van der Waals surface area contributed by atoms with Crippen LogP contribution >= 0.6 is 47.0 Å². The molecule has 0 atom stereocenters. The summed E-state index contributed by atoms with van der Waals surface area (Å²) in [6.07, 6.45) is 15.3. The Morgan fingerprint density at radius 2 is 0.773 bits per heavy atom. The van der Waals surface area contributed by atoms with Gasteiger partial charge in [-0.25, -0.2) is 0 Å². The molecule has 0 unspecified atom stereocenters. The number of thioether (sulfide) groups is 4. The first-order chi connectivity index (χ1) is 10.5. The molecule has 0 aromatic heterocycles. The normalized spacial score (nSPS) is 18.9. The summed E-state index contributed by atoms with van der Waals surface area (Å²) < 4.78 is 0. The van der Waals surface area contributed by atoms with E-state index in [1.54, 1.807) is 0 Å². The van der Waals surface area contributed by atoms with Crippen LogP contribution in [0.4, 0.5) is 0 Å². The fourth-order valence-electron chi connectivity index (χ4n) is 2.09. The third-order valence-electron chi connectivity index (χ3n) is 3.25. The van der Waals surface area contributed by atoms with Crippen LogP contribution in [0.2, 0.25) is 0 Å². The van der Waals surface area contributed by atoms with E-state index in [1.807, 2.05) is 49.3 Å². The molecule has 0 saturated heterocycles. The molecule has 0 amide bonds. The lowest BCUT2D eigenvalue weighted by atomic mass is 9.98. The summed E-state index contributed by atoms with van der Waals surface area (Å²) >= 11 is 5.84. The van der Waals surface area contributed by atoms with Gasteiger partial charge >= 0.3 is 0 Å². The summed E-state index contributed by atoms with van der Waals surface area (Å²) in [6.45, 7) is 0. The van der Waals surface area contributed by atoms with E-state index < -0.39 is 0 Å². The number of carbonyl (C=O) groups excluding carboxylic acids is 2. The maximum Gasteiger partial charge on any atom is 0.205 e. The van der Waals surface area contributed by atoms with Gasteiger partial charge in [0.1, 0.15) is 0 Å². The largest absolute Gasteiger partial charge is 0.287 e. The first-order valence-electron chi connectivity index (χ1n) is 6.42. The SMILES string of the molecule is CSC1=CC(=C2C=C(SC)C(=O)C(SC)=C2)C=C(SC)C1=O. The summed E-state index contributed by atoms with van der Waals surface area (Å²) in [7, 11) is 0. The monoisotopic (exact) mass is 368 g/mol. The van der Waals surface area contributed by atoms with Crippen LogP contribution in [-0.2, 0) is 9.59 Å². The van der Waals surface area contributed by atoms with E-state index in [0.29, 0.717) is 0 Å². The van der Waals surface area contributed by atoms with Crippen molar-refractivity contribution >= 4 is 58.6 Å². The summed E-state index contributed by atoms with van der Waals surface area (Å²) in [5.41, 5.74) is 1.97. The zero-order valence-corrected chi connectivity index (χ0v) is 16.0. The van der Waals surface area contributed by atoms with E-state index in [9.17, 15) is 9.59 Å². The smallest absolute Gasteiger partial charge is 0.205 e. The summed E-state index contributed by atoms with van der Waals surface area (Å²) in [6, 6.07) is 0. The van der Waals surface area contributed by atoms with Crippen molar-refractivity contribution < 1.29 is 9.59 Å². The minimum atomic E-state index is 0.0828. The summed E-state index contributed by atoms with van der Waals surface area (Å²) in [5, 5.41) is 0. The number of carbonyl (C=O) groups is 2. The van der Waals surface area contributed by atoms with Crippen LogP contribution in [0.3, 0.4) is 0 Å². The van der Waals surface area contributed by atoms with Crippen LogP contribution in [0.15, 0.2) is 55.1 Å². The van der Waals surface area contributed by atoms with Gasteiger partial charge in [0.25, 0.3) is 0 Å². The van der Waals surface area contributed by atoms with E-state index in [-0.39, 0.29) is 11.6 Å². The minimum absolute atomic E-state index is 0.0828. The van der Waals surface area contributed by atoms with Gasteiger partial charge in [-0.2, -0.15) is 0 Å². The van der Waals surface area contributed by atoms with Crippen molar-refractivity contribution in [3.8, 4) is 0 Å². The summed E-state index contributed by atoms with van der Waals surface area (Å²) in [4.78, 5) is 27.4. The maximum absolute atomic E-state index is 12.2. The number of allylic oxidation sites excluding steroid dienone is 10. The molecule has 0 saturated carbocycles. The minimum Gasteiger partial charge on any atom is -0.287 e. The average Bonchev–Trinajstić information content (AvgIpc) is 2.55. The Morgan fingerprint density at radius 3 is 0.955 bits per heavy atom. The predicted molar refractivity (Wildman–Crippen MR) is 103 cm³/mol. The molecule has 0 radical (unpaired) electrons. The molecule has 2 aliphatic carbocycles. The van der Waals surface area contributed by atoms with E-state index in [1.165, 1.54) is 47.0 Å². The van der Waals surface area contributed by atoms with Crippen LogP contribution in [-0.4, -0.2) is 36.6 Å². The number of rotatable bonds is 4. The lowest BCUT2D eigenvalue weighted by Crippen LogP contribution is -2.10. The molecule has 0 N–H and O–H groups in total. The highest BCUT2D eigenvalue weighted by Crippen LogP contribution is 2.36. The Kier molecular flexibility index (Phi) is 6.32. The Morgan fingerprint density at radius 1 is 0.545 bits per heavy atom. The first kappa shape index (κ1) is 17.8. The molecule has 2 nitrogen and oxygen atoms in total. The van der Waals surface area contributed by atoms with E-state index >= 15 is 0 Å². The Balaban J connectivity index is 2.61. The van der Waals surface area contributed by atoms with Gasteiger partial charge in [-0.1, -0.05) is 0 Å². The Bertz CT molecular complexity index is 568. The van der Waals surface area contributed by atoms with Crippen LogP contribution in [0, 0.1) is 0 Å². The lowest BCUT2D eigenvalue weighted by molar-refractivity contribution is -0.111. The van der Waals surface area contributed by atoms with Crippen LogP contribution in [0.1, 0.15) is 0 Å². The molecule has 2 rings (SSSR count). The van der Waals surface area contributed by atoms with Gasteiger partial charge in [0.05, 0.1) is 19.6 Å². The molecule has 2 aliphatic rings. The number of ketones is 2. The number of hydrogen-bond donors (Lipinski definition) is 0. The van der Waals surface area contributed by atoms with Crippen molar-refractivity contribution in [2.45, 2.75) is 0 Å². The fraction of sp³-hybridized carbons (Fsp3) is 0.250. The van der Waals surface area contributed by atoms with Gasteiger partial charge in [0.2, 0.25) is 11.6 Å². The average molecular weight is 369 g/mol. The molecule has 22 heavy (non-hydrogen) atoms. The number of hydrogen-bond acceptors (Lipinski definition) is 6. The molecule has 0 aliphatic heterocycles. The van der Waals surface area contributed by atoms with E-state index in [2.05, 4.69) is 0 Å². The van der Waals surface area contributed by atoms with Crippen molar-refractivity contribution in [1.82, 2.24) is 0 Å². The van der Waals surface area contributed by atoms with Gasteiger partial charge in [-0.15, -0.1) is 47.0 Å². The second-order valence-electron chi connectivity index (χ2n) is 4.42. The quantitative estimate of drug-likeness (QED) is 0.730. The van der Waals surface area contributed by atoms with Crippen molar-refractivity contribution in [3.05, 3.63) is 55.1 Å². The summed E-state index contributed by atoms with van der Waals surface area (Å²) in [5.74, 6) is 0.166. The highest BCUT2D eigenvalue weighted by molar-refractivity contribution is 8.05. The van der Waals surface area contributed by atoms with Gasteiger partial charge in [-0.05, 0) is 60.5 Å². The Hall–Kier alpha value is -0.560. The fourth-order valence-corrected chi connectivity index (χ4v) is 4.38. The predicted octanol–water partition coefficient (Wildman–Crippen LogP) is 4.44. The van der Waals surface area contributed by atoms with Crippen molar-refractivity contribution in [2.75, 3.05) is 25.0 Å². The standard InChI is InChI=1S/C16H16O2S4/c1-19-11-5-9(6-12(20-2)15(11)17)10-7-13(21-3)16(18)14(8-10)22-4/h5-8H,1-4H3. The van der Waals surface area contributed by atoms with Gasteiger partial charge in [0.15, 0.2) is 0 Å². The van der Waals surface area contributed by atoms with Crippen LogP contribution in [0.25, 0.3) is 0 Å².